The monoisotopic (exact) mass is 366 g/mol. The van der Waals surface area contributed by atoms with E-state index in [4.69, 9.17) is 9.47 Å². The van der Waals surface area contributed by atoms with Crippen LogP contribution in [0.4, 0.5) is 11.5 Å². The molecule has 0 bridgehead atoms. The average molecular weight is 366 g/mol. The number of piperidine rings is 1. The second-order valence-electron chi connectivity index (χ2n) is 7.21. The van der Waals surface area contributed by atoms with Gasteiger partial charge in [0.1, 0.15) is 0 Å². The van der Waals surface area contributed by atoms with Gasteiger partial charge in [-0.15, -0.1) is 10.2 Å². The normalized spacial score (nSPS) is 20.9. The Morgan fingerprint density at radius 3 is 2.48 bits per heavy atom. The molecule has 27 heavy (non-hydrogen) atoms. The summed E-state index contributed by atoms with van der Waals surface area (Å²) in [5.74, 6) is 0.223. The zero-order chi connectivity index (χ0) is 18.3. The molecule has 0 atom stereocenters. The minimum absolute atomic E-state index is 0.0799. The molecule has 0 unspecified atom stereocenters. The third kappa shape index (κ3) is 2.96. The lowest BCUT2D eigenvalue weighted by atomic mass is 10.0. The zero-order valence-electron chi connectivity index (χ0n) is 15.1. The molecule has 0 N–H and O–H groups in total. The van der Waals surface area contributed by atoms with Gasteiger partial charge in [0.15, 0.2) is 17.3 Å². The minimum Gasteiger partial charge on any atom is -0.347 e. The number of fused-ring (bicyclic) bond motifs is 1. The second-order valence-corrected chi connectivity index (χ2v) is 7.21. The van der Waals surface area contributed by atoms with Crippen molar-refractivity contribution >= 4 is 17.4 Å². The molecule has 7 heteroatoms. The summed E-state index contributed by atoms with van der Waals surface area (Å²) in [6, 6.07) is 12.0. The molecular weight excluding hydrogens is 344 g/mol. The van der Waals surface area contributed by atoms with Crippen LogP contribution in [-0.4, -0.2) is 59.6 Å². The van der Waals surface area contributed by atoms with E-state index in [1.165, 1.54) is 11.3 Å². The van der Waals surface area contributed by atoms with Gasteiger partial charge in [-0.05, 0) is 30.2 Å². The van der Waals surface area contributed by atoms with Gasteiger partial charge in [0.05, 0.1) is 13.2 Å². The van der Waals surface area contributed by atoms with E-state index < -0.39 is 5.79 Å². The highest BCUT2D eigenvalue weighted by molar-refractivity contribution is 5.92. The topological polar surface area (TPSA) is 67.8 Å². The molecule has 3 aliphatic rings. The molecule has 1 aromatic carbocycles. The van der Waals surface area contributed by atoms with Crippen LogP contribution in [0.5, 0.6) is 0 Å². The quantitative estimate of drug-likeness (QED) is 0.811. The first kappa shape index (κ1) is 16.6. The number of rotatable bonds is 2. The predicted octanol–water partition coefficient (Wildman–Crippen LogP) is 2.15. The summed E-state index contributed by atoms with van der Waals surface area (Å²) in [6.45, 7) is 3.39. The number of hydrogen-bond acceptors (Lipinski definition) is 6. The average Bonchev–Trinajstić information content (AvgIpc) is 3.36. The molecule has 2 fully saturated rings. The molecule has 0 saturated carbocycles. The third-order valence-corrected chi connectivity index (χ3v) is 5.66. The van der Waals surface area contributed by atoms with Crippen LogP contribution in [0.1, 0.15) is 28.9 Å². The molecule has 7 nitrogen and oxygen atoms in total. The van der Waals surface area contributed by atoms with Gasteiger partial charge in [-0.25, -0.2) is 0 Å². The highest BCUT2D eigenvalue weighted by atomic mass is 16.7. The highest BCUT2D eigenvalue weighted by Gasteiger charge is 2.41. The number of amides is 1. The van der Waals surface area contributed by atoms with Crippen molar-refractivity contribution in [2.45, 2.75) is 25.0 Å². The molecule has 0 aliphatic carbocycles. The maximum Gasteiger partial charge on any atom is 0.274 e. The van der Waals surface area contributed by atoms with Crippen LogP contribution in [-0.2, 0) is 15.9 Å². The maximum absolute atomic E-state index is 12.8. The Labute approximate surface area is 157 Å². The fourth-order valence-corrected chi connectivity index (χ4v) is 4.16. The summed E-state index contributed by atoms with van der Waals surface area (Å²) in [7, 11) is 0. The number of ether oxygens (including phenoxy) is 2. The Morgan fingerprint density at radius 2 is 1.74 bits per heavy atom. The number of hydrogen-bond donors (Lipinski definition) is 0. The van der Waals surface area contributed by atoms with E-state index in [0.717, 1.165) is 18.8 Å². The number of anilines is 2. The Bertz CT molecular complexity index is 839. The lowest BCUT2D eigenvalue weighted by Gasteiger charge is -2.37. The first-order chi connectivity index (χ1) is 13.2. The summed E-state index contributed by atoms with van der Waals surface area (Å²) in [4.78, 5) is 16.7. The lowest BCUT2D eigenvalue weighted by molar-refractivity contribution is -0.181. The molecule has 2 aromatic rings. The molecule has 0 radical (unpaired) electrons. The first-order valence-corrected chi connectivity index (χ1v) is 9.51. The van der Waals surface area contributed by atoms with Gasteiger partial charge in [0.2, 0.25) is 0 Å². The van der Waals surface area contributed by atoms with Crippen LogP contribution >= 0.6 is 0 Å². The molecular formula is C20H22N4O3. The second kappa shape index (κ2) is 6.58. The summed E-state index contributed by atoms with van der Waals surface area (Å²) in [5, 5.41) is 8.54. The van der Waals surface area contributed by atoms with Gasteiger partial charge in [0, 0.05) is 38.2 Å². The highest BCUT2D eigenvalue weighted by Crippen LogP contribution is 2.33. The molecule has 140 valence electrons. The predicted molar refractivity (Wildman–Crippen MR) is 99.0 cm³/mol. The van der Waals surface area contributed by atoms with Crippen LogP contribution in [0.2, 0.25) is 0 Å². The summed E-state index contributed by atoms with van der Waals surface area (Å²) >= 11 is 0. The Hall–Kier alpha value is -2.51. The van der Waals surface area contributed by atoms with Crippen molar-refractivity contribution < 1.29 is 14.3 Å². The summed E-state index contributed by atoms with van der Waals surface area (Å²) in [6.07, 6.45) is 2.40. The van der Waals surface area contributed by atoms with E-state index in [1.54, 1.807) is 6.07 Å². The maximum atomic E-state index is 12.8. The largest absolute Gasteiger partial charge is 0.347 e. The fourth-order valence-electron chi connectivity index (χ4n) is 4.16. The third-order valence-electron chi connectivity index (χ3n) is 5.66. The van der Waals surface area contributed by atoms with E-state index in [9.17, 15) is 4.79 Å². The van der Waals surface area contributed by atoms with Crippen molar-refractivity contribution in [2.75, 3.05) is 37.7 Å². The van der Waals surface area contributed by atoms with E-state index in [-0.39, 0.29) is 5.91 Å². The number of benzene rings is 1. The van der Waals surface area contributed by atoms with Crippen LogP contribution < -0.4 is 4.90 Å². The first-order valence-electron chi connectivity index (χ1n) is 9.51. The van der Waals surface area contributed by atoms with Crippen molar-refractivity contribution in [3.05, 3.63) is 47.7 Å². The SMILES string of the molecule is O=C(c1ccc(N2CCc3ccccc32)nn1)N1CCC2(CC1)OCCO2. The Balaban J connectivity index is 1.28. The standard InChI is InChI=1S/C20H22N4O3/c25-19(23-11-8-20(9-12-23)26-13-14-27-20)16-5-6-18(22-21-16)24-10-7-15-3-1-2-4-17(15)24/h1-6H,7-14H2. The number of nitrogens with zero attached hydrogens (tertiary/aromatic N) is 4. The van der Waals surface area contributed by atoms with E-state index in [0.29, 0.717) is 44.8 Å². The van der Waals surface area contributed by atoms with Gasteiger partial charge in [-0.3, -0.25) is 4.79 Å². The molecule has 5 rings (SSSR count). The lowest BCUT2D eigenvalue weighted by Crippen LogP contribution is -2.47. The van der Waals surface area contributed by atoms with Gasteiger partial charge >= 0.3 is 0 Å². The van der Waals surface area contributed by atoms with Gasteiger partial charge in [-0.1, -0.05) is 18.2 Å². The number of likely N-dealkylation sites (tertiary alicyclic amines) is 1. The van der Waals surface area contributed by atoms with Crippen molar-refractivity contribution in [3.8, 4) is 0 Å². The molecule has 1 amide bonds. The van der Waals surface area contributed by atoms with E-state index >= 15 is 0 Å². The Morgan fingerprint density at radius 1 is 0.963 bits per heavy atom. The zero-order valence-corrected chi connectivity index (χ0v) is 15.1. The van der Waals surface area contributed by atoms with E-state index in [2.05, 4.69) is 33.3 Å². The van der Waals surface area contributed by atoms with Gasteiger partial charge in [-0.2, -0.15) is 0 Å². The summed E-state index contributed by atoms with van der Waals surface area (Å²) in [5.41, 5.74) is 2.87. The number of carbonyl (C=O) groups is 1. The van der Waals surface area contributed by atoms with Crippen LogP contribution in [0.15, 0.2) is 36.4 Å². The molecule has 4 heterocycles. The van der Waals surface area contributed by atoms with Crippen LogP contribution in [0.25, 0.3) is 0 Å². The van der Waals surface area contributed by atoms with Crippen molar-refractivity contribution in [3.63, 3.8) is 0 Å². The fraction of sp³-hybridized carbons (Fsp3) is 0.450. The van der Waals surface area contributed by atoms with Crippen LogP contribution in [0.3, 0.4) is 0 Å². The molecule has 1 spiro atoms. The minimum atomic E-state index is -0.477. The molecule has 1 aromatic heterocycles. The van der Waals surface area contributed by atoms with E-state index in [1.807, 2.05) is 17.0 Å². The molecule has 3 aliphatic heterocycles. The van der Waals surface area contributed by atoms with Crippen molar-refractivity contribution in [1.29, 1.82) is 0 Å². The smallest absolute Gasteiger partial charge is 0.274 e. The number of para-hydroxylation sites is 1. The van der Waals surface area contributed by atoms with Gasteiger partial charge in [0.25, 0.3) is 5.91 Å². The Kier molecular flexibility index (Phi) is 4.06. The van der Waals surface area contributed by atoms with Crippen LogP contribution in [0, 0.1) is 0 Å². The van der Waals surface area contributed by atoms with Gasteiger partial charge < -0.3 is 19.3 Å². The summed E-state index contributed by atoms with van der Waals surface area (Å²) < 4.78 is 11.4. The number of aromatic nitrogens is 2. The van der Waals surface area contributed by atoms with Crippen molar-refractivity contribution in [2.24, 2.45) is 0 Å². The number of carbonyl (C=O) groups excluding carboxylic acids is 1. The van der Waals surface area contributed by atoms with Crippen molar-refractivity contribution in [1.82, 2.24) is 15.1 Å². The molecule has 2 saturated heterocycles.